The summed E-state index contributed by atoms with van der Waals surface area (Å²) in [5.41, 5.74) is 0.755. The zero-order valence-electron chi connectivity index (χ0n) is 8.66. The van der Waals surface area contributed by atoms with Crippen LogP contribution in [0, 0.1) is 5.82 Å². The zero-order valence-corrected chi connectivity index (χ0v) is 11.8. The molecule has 0 unspecified atom stereocenters. The molecule has 0 spiro atoms. The van der Waals surface area contributed by atoms with Gasteiger partial charge in [-0.15, -0.1) is 0 Å². The number of alkyl halides is 1. The molecule has 0 aliphatic carbocycles. The van der Waals surface area contributed by atoms with Crippen LogP contribution in [-0.4, -0.2) is 4.98 Å². The summed E-state index contributed by atoms with van der Waals surface area (Å²) in [6.45, 7) is 0. The standard InChI is InChI=1S/C12H8Br2FNO/c13-5-8-2-1-3-11(15)12(8)17-10-4-9(14)6-16-7-10/h1-4,6-7H,5H2. The number of para-hydroxylation sites is 1. The number of halogens is 3. The lowest BCUT2D eigenvalue weighted by atomic mass is 10.2. The van der Waals surface area contributed by atoms with Crippen molar-refractivity contribution < 1.29 is 9.13 Å². The van der Waals surface area contributed by atoms with Crippen molar-refractivity contribution in [2.75, 3.05) is 0 Å². The first-order chi connectivity index (χ1) is 8.20. The molecule has 0 aliphatic heterocycles. The van der Waals surface area contributed by atoms with E-state index < -0.39 is 0 Å². The number of rotatable bonds is 3. The minimum Gasteiger partial charge on any atom is -0.452 e. The van der Waals surface area contributed by atoms with Crippen LogP contribution in [0.1, 0.15) is 5.56 Å². The first kappa shape index (κ1) is 12.5. The first-order valence-electron chi connectivity index (χ1n) is 4.82. The fraction of sp³-hybridized carbons (Fsp3) is 0.0833. The molecule has 0 bridgehead atoms. The maximum absolute atomic E-state index is 13.6. The highest BCUT2D eigenvalue weighted by atomic mass is 79.9. The van der Waals surface area contributed by atoms with Crippen LogP contribution in [-0.2, 0) is 5.33 Å². The van der Waals surface area contributed by atoms with Gasteiger partial charge in [0, 0.05) is 21.6 Å². The quantitative estimate of drug-likeness (QED) is 0.742. The summed E-state index contributed by atoms with van der Waals surface area (Å²) in [5, 5.41) is 0.529. The van der Waals surface area contributed by atoms with Crippen molar-refractivity contribution in [1.29, 1.82) is 0 Å². The van der Waals surface area contributed by atoms with E-state index in [2.05, 4.69) is 36.8 Å². The lowest BCUT2D eigenvalue weighted by Crippen LogP contribution is -1.93. The highest BCUT2D eigenvalue weighted by molar-refractivity contribution is 9.10. The second-order valence-electron chi connectivity index (χ2n) is 3.30. The third kappa shape index (κ3) is 3.04. The molecule has 1 aromatic carbocycles. The van der Waals surface area contributed by atoms with Crippen molar-refractivity contribution in [3.63, 3.8) is 0 Å². The molecule has 0 radical (unpaired) electrons. The number of aromatic nitrogens is 1. The van der Waals surface area contributed by atoms with E-state index in [1.54, 1.807) is 24.4 Å². The van der Waals surface area contributed by atoms with E-state index in [0.717, 1.165) is 10.0 Å². The summed E-state index contributed by atoms with van der Waals surface area (Å²) in [6.07, 6.45) is 3.18. The predicted molar refractivity (Wildman–Crippen MR) is 71.0 cm³/mol. The van der Waals surface area contributed by atoms with Gasteiger partial charge in [0.2, 0.25) is 0 Å². The van der Waals surface area contributed by atoms with E-state index in [1.165, 1.54) is 12.3 Å². The molecule has 0 fully saturated rings. The van der Waals surface area contributed by atoms with Gasteiger partial charge in [-0.1, -0.05) is 28.1 Å². The van der Waals surface area contributed by atoms with Crippen molar-refractivity contribution >= 4 is 31.9 Å². The largest absolute Gasteiger partial charge is 0.452 e. The topological polar surface area (TPSA) is 22.1 Å². The van der Waals surface area contributed by atoms with Crippen LogP contribution in [0.25, 0.3) is 0 Å². The molecule has 17 heavy (non-hydrogen) atoms. The molecule has 0 aliphatic rings. The Morgan fingerprint density at radius 2 is 2.12 bits per heavy atom. The Morgan fingerprint density at radius 1 is 1.29 bits per heavy atom. The van der Waals surface area contributed by atoms with Crippen LogP contribution in [0.15, 0.2) is 41.1 Å². The highest BCUT2D eigenvalue weighted by Crippen LogP contribution is 2.30. The van der Waals surface area contributed by atoms with Gasteiger partial charge < -0.3 is 4.74 Å². The van der Waals surface area contributed by atoms with E-state index in [9.17, 15) is 4.39 Å². The molecule has 0 saturated carbocycles. The molecule has 5 heteroatoms. The molecule has 1 heterocycles. The highest BCUT2D eigenvalue weighted by Gasteiger charge is 2.10. The number of hydrogen-bond donors (Lipinski definition) is 0. The van der Waals surface area contributed by atoms with Crippen LogP contribution in [0.2, 0.25) is 0 Å². The van der Waals surface area contributed by atoms with Crippen molar-refractivity contribution in [2.45, 2.75) is 5.33 Å². The molecule has 1 aromatic heterocycles. The van der Waals surface area contributed by atoms with Gasteiger partial charge in [0.05, 0.1) is 6.20 Å². The lowest BCUT2D eigenvalue weighted by Gasteiger charge is -2.10. The lowest BCUT2D eigenvalue weighted by molar-refractivity contribution is 0.436. The summed E-state index contributed by atoms with van der Waals surface area (Å²) in [5.74, 6) is 0.331. The van der Waals surface area contributed by atoms with E-state index in [4.69, 9.17) is 4.74 Å². The van der Waals surface area contributed by atoms with E-state index in [1.807, 2.05) is 0 Å². The minimum absolute atomic E-state index is 0.226. The second-order valence-corrected chi connectivity index (χ2v) is 4.78. The molecule has 2 nitrogen and oxygen atoms in total. The third-order valence-corrected chi connectivity index (χ3v) is 3.13. The second kappa shape index (κ2) is 5.60. The SMILES string of the molecule is Fc1cccc(CBr)c1Oc1cncc(Br)c1. The number of nitrogens with zero attached hydrogens (tertiary/aromatic N) is 1. The normalized spacial score (nSPS) is 10.3. The Hall–Kier alpha value is -0.940. The molecule has 88 valence electrons. The number of benzene rings is 1. The van der Waals surface area contributed by atoms with E-state index >= 15 is 0 Å². The van der Waals surface area contributed by atoms with Crippen molar-refractivity contribution in [3.8, 4) is 11.5 Å². The van der Waals surface area contributed by atoms with Crippen molar-refractivity contribution in [2.24, 2.45) is 0 Å². The molecular weight excluding hydrogens is 353 g/mol. The van der Waals surface area contributed by atoms with Crippen LogP contribution < -0.4 is 4.74 Å². The van der Waals surface area contributed by atoms with Gasteiger partial charge >= 0.3 is 0 Å². The molecule has 0 amide bonds. The van der Waals surface area contributed by atoms with Crippen LogP contribution in [0.4, 0.5) is 4.39 Å². The number of ether oxygens (including phenoxy) is 1. The monoisotopic (exact) mass is 359 g/mol. The van der Waals surface area contributed by atoms with E-state index in [0.29, 0.717) is 11.1 Å². The summed E-state index contributed by atoms with van der Waals surface area (Å²) < 4.78 is 19.9. The van der Waals surface area contributed by atoms with Crippen LogP contribution in [0.3, 0.4) is 0 Å². The summed E-state index contributed by atoms with van der Waals surface area (Å²) in [4.78, 5) is 3.96. The zero-order chi connectivity index (χ0) is 12.3. The molecule has 0 N–H and O–H groups in total. The van der Waals surface area contributed by atoms with Gasteiger partial charge in [0.15, 0.2) is 11.6 Å². The number of pyridine rings is 1. The Morgan fingerprint density at radius 3 is 2.82 bits per heavy atom. The van der Waals surface area contributed by atoms with Gasteiger partial charge in [-0.2, -0.15) is 0 Å². The average Bonchev–Trinajstić information content (AvgIpc) is 2.32. The van der Waals surface area contributed by atoms with Crippen LogP contribution in [0.5, 0.6) is 11.5 Å². The van der Waals surface area contributed by atoms with Crippen molar-refractivity contribution in [3.05, 3.63) is 52.5 Å². The van der Waals surface area contributed by atoms with Gasteiger partial charge in [0.25, 0.3) is 0 Å². The molecule has 2 rings (SSSR count). The molecule has 0 saturated heterocycles. The van der Waals surface area contributed by atoms with Gasteiger partial charge in [-0.05, 0) is 28.1 Å². The van der Waals surface area contributed by atoms with Crippen LogP contribution >= 0.6 is 31.9 Å². The summed E-state index contributed by atoms with van der Waals surface area (Å²) in [6, 6.07) is 6.56. The fourth-order valence-corrected chi connectivity index (χ4v) is 2.12. The average molecular weight is 361 g/mol. The number of hydrogen-bond acceptors (Lipinski definition) is 2. The maximum Gasteiger partial charge on any atom is 0.167 e. The smallest absolute Gasteiger partial charge is 0.167 e. The van der Waals surface area contributed by atoms with Gasteiger partial charge in [0.1, 0.15) is 5.75 Å². The fourth-order valence-electron chi connectivity index (χ4n) is 1.34. The van der Waals surface area contributed by atoms with Gasteiger partial charge in [-0.3, -0.25) is 4.98 Å². The maximum atomic E-state index is 13.6. The molecular formula is C12H8Br2FNO. The third-order valence-electron chi connectivity index (χ3n) is 2.09. The molecule has 0 atom stereocenters. The Kier molecular flexibility index (Phi) is 4.12. The van der Waals surface area contributed by atoms with E-state index in [-0.39, 0.29) is 11.6 Å². The Labute approximate surface area is 115 Å². The Balaban J connectivity index is 2.35. The first-order valence-corrected chi connectivity index (χ1v) is 6.74. The molecule has 2 aromatic rings. The Bertz CT molecular complexity index is 534. The van der Waals surface area contributed by atoms with Gasteiger partial charge in [-0.25, -0.2) is 4.39 Å². The minimum atomic E-state index is -0.387. The predicted octanol–water partition coefficient (Wildman–Crippen LogP) is 4.67. The summed E-state index contributed by atoms with van der Waals surface area (Å²) >= 11 is 6.58. The summed E-state index contributed by atoms with van der Waals surface area (Å²) in [7, 11) is 0. The van der Waals surface area contributed by atoms with Crippen molar-refractivity contribution in [1.82, 2.24) is 4.98 Å².